The number of rotatable bonds is 11. The lowest BCUT2D eigenvalue weighted by Crippen LogP contribution is -2.61. The number of amides is 4. The van der Waals surface area contributed by atoms with E-state index >= 15 is 0 Å². The molecule has 3 aromatic heterocycles. The Morgan fingerprint density at radius 3 is 2.59 bits per heavy atom. The molecule has 1 saturated carbocycles. The zero-order chi connectivity index (χ0) is 45.4. The molecule has 7 aliphatic rings. The molecule has 4 amide bonds. The summed E-state index contributed by atoms with van der Waals surface area (Å²) in [5.41, 5.74) is 2.76. The molecule has 1 aromatic carbocycles. The van der Waals surface area contributed by atoms with Gasteiger partial charge in [0.1, 0.15) is 17.4 Å². The number of aromatic nitrogens is 5. The van der Waals surface area contributed by atoms with Crippen LogP contribution in [0.4, 0.5) is 31.7 Å². The normalized spacial score (nSPS) is 27.3. The zero-order valence-corrected chi connectivity index (χ0v) is 37.0. The van der Waals surface area contributed by atoms with Crippen molar-refractivity contribution in [3.05, 3.63) is 59.7 Å². The number of hydrogen-bond acceptors (Lipinski definition) is 13. The van der Waals surface area contributed by atoms with Crippen molar-refractivity contribution < 1.29 is 37.8 Å². The molecule has 3 N–H and O–H groups in total. The van der Waals surface area contributed by atoms with Crippen LogP contribution < -0.4 is 25.3 Å². The molecule has 1 aliphatic carbocycles. The summed E-state index contributed by atoms with van der Waals surface area (Å²) in [6, 6.07) is 7.12. The highest BCUT2D eigenvalue weighted by molar-refractivity contribution is 6.08. The van der Waals surface area contributed by atoms with Gasteiger partial charge in [0.25, 0.3) is 12.3 Å². The summed E-state index contributed by atoms with van der Waals surface area (Å²) < 4.78 is 37.5. The molecule has 0 radical (unpaired) electrons. The Kier molecular flexibility index (Phi) is 10.9. The summed E-state index contributed by atoms with van der Waals surface area (Å²) in [5, 5.41) is 24.8. The van der Waals surface area contributed by atoms with E-state index in [0.717, 1.165) is 107 Å². The Labute approximate surface area is 380 Å². The van der Waals surface area contributed by atoms with Gasteiger partial charge in [-0.05, 0) is 86.8 Å². The molecule has 6 aliphatic heterocycles. The van der Waals surface area contributed by atoms with E-state index < -0.39 is 36.3 Å². The molecule has 4 atom stereocenters. The van der Waals surface area contributed by atoms with Crippen molar-refractivity contribution in [2.45, 2.75) is 108 Å². The Morgan fingerprint density at radius 2 is 1.86 bits per heavy atom. The van der Waals surface area contributed by atoms with Gasteiger partial charge in [0.05, 0.1) is 48.1 Å². The smallest absolute Gasteiger partial charge is 0.284 e. The van der Waals surface area contributed by atoms with E-state index in [1.165, 1.54) is 10.7 Å². The third-order valence-electron chi connectivity index (χ3n) is 15.5. The quantitative estimate of drug-likeness (QED) is 0.185. The summed E-state index contributed by atoms with van der Waals surface area (Å²) >= 11 is 0. The molecule has 11 rings (SSSR count). The Morgan fingerprint density at radius 1 is 1.06 bits per heavy atom. The summed E-state index contributed by atoms with van der Waals surface area (Å²) in [6.45, 7) is 5.86. The van der Waals surface area contributed by atoms with Crippen molar-refractivity contribution in [2.75, 3.05) is 72.9 Å². The first kappa shape index (κ1) is 42.9. The number of hydrogen-bond donors (Lipinski definition) is 3. The number of ether oxygens (including phenoxy) is 1. The van der Waals surface area contributed by atoms with Crippen LogP contribution >= 0.6 is 0 Å². The Balaban J connectivity index is 0.641. The number of likely N-dealkylation sites (tertiary alicyclic amines) is 2. The highest BCUT2D eigenvalue weighted by Gasteiger charge is 2.47. The molecule has 4 aromatic rings. The number of morpholine rings is 1. The number of fused-ring (bicyclic) bond motifs is 4. The maximum atomic E-state index is 14.3. The second-order valence-corrected chi connectivity index (χ2v) is 19.6. The molecular formula is C46H56F2N12O6. The number of halogens is 2. The number of nitrogens with one attached hydrogen (secondary N) is 2. The number of nitrogens with zero attached hydrogens (tertiary/aromatic N) is 10. The van der Waals surface area contributed by atoms with Crippen LogP contribution in [0.3, 0.4) is 0 Å². The van der Waals surface area contributed by atoms with Gasteiger partial charge in [-0.25, -0.2) is 18.3 Å². The number of benzene rings is 1. The minimum Gasteiger partial charge on any atom is -0.374 e. The molecule has 9 heterocycles. The lowest BCUT2D eigenvalue weighted by molar-refractivity contribution is -0.137. The second-order valence-electron chi connectivity index (χ2n) is 19.6. The SMILES string of the molecule is CN1c2c(CCC(=O)N3CCC4(CC3)CN(CC3CCC(n5cc(NC(=O)c6cnn7ccc(N8C[C@H]9C[C@@H]8CO9)nc67)c(C(F)F)n5)CC3)C4)cccc2N(C2CCC(=O)NC2=O)C1O. The lowest BCUT2D eigenvalue weighted by Gasteiger charge is -2.55. The van der Waals surface area contributed by atoms with E-state index in [-0.39, 0.29) is 53.1 Å². The van der Waals surface area contributed by atoms with E-state index in [1.54, 1.807) is 33.9 Å². The second kappa shape index (κ2) is 16.9. The minimum absolute atomic E-state index is 0.00623. The van der Waals surface area contributed by atoms with Crippen LogP contribution in [0.15, 0.2) is 42.9 Å². The molecule has 5 saturated heterocycles. The first-order valence-corrected chi connectivity index (χ1v) is 23.5. The molecule has 2 bridgehead atoms. The summed E-state index contributed by atoms with van der Waals surface area (Å²) in [6.07, 6.45) is 8.75. The standard InChI is InChI=1S/C46H56F2N12O6/c1-54-40-28(3-2-4-34(40)60(45(54)65)35-10-11-37(61)52-44(35)64)7-12-38(62)56-17-14-46(15-18-56)25-55(26-46)21-27-5-8-29(9-6-27)59-23-33(39(53-59)41(47)48)50-43(63)32-20-49-58-16-13-36(51-42(32)58)57-22-31-19-30(57)24-66-31/h2-4,13,16,20,23,27,29-31,35,41,45,65H,5-12,14-15,17-19,21-22,24-26H2,1H3,(H,50,63)(H,52,61,64)/t27?,29?,30-,31-,35?,45?/m1/s1. The third kappa shape index (κ3) is 7.73. The van der Waals surface area contributed by atoms with Crippen molar-refractivity contribution in [3.8, 4) is 0 Å². The van der Waals surface area contributed by atoms with Crippen LogP contribution in [0, 0.1) is 11.3 Å². The van der Waals surface area contributed by atoms with Crippen molar-refractivity contribution in [3.63, 3.8) is 0 Å². The van der Waals surface area contributed by atoms with Crippen LogP contribution in [0.5, 0.6) is 0 Å². The van der Waals surface area contributed by atoms with E-state index in [9.17, 15) is 33.1 Å². The number of piperidine rings is 2. The fourth-order valence-electron chi connectivity index (χ4n) is 11.9. The van der Waals surface area contributed by atoms with Crippen LogP contribution in [0.25, 0.3) is 5.65 Å². The highest BCUT2D eigenvalue weighted by atomic mass is 19.3. The van der Waals surface area contributed by atoms with E-state index in [4.69, 9.17) is 9.72 Å². The van der Waals surface area contributed by atoms with Crippen molar-refractivity contribution in [1.29, 1.82) is 0 Å². The molecule has 6 fully saturated rings. The van der Waals surface area contributed by atoms with Gasteiger partial charge in [-0.15, -0.1) is 0 Å². The molecule has 20 heteroatoms. The topological polar surface area (TPSA) is 186 Å². The number of carbonyl (C=O) groups is 4. The van der Waals surface area contributed by atoms with E-state index in [0.29, 0.717) is 37.4 Å². The number of alkyl halides is 2. The summed E-state index contributed by atoms with van der Waals surface area (Å²) in [5.74, 6) is 0.0499. The fraction of sp³-hybridized carbons (Fsp3) is 0.587. The average Bonchev–Trinajstić information content (AvgIpc) is 4.16. The number of imide groups is 1. The van der Waals surface area contributed by atoms with Gasteiger partial charge in [0.15, 0.2) is 11.3 Å². The number of anilines is 4. The van der Waals surface area contributed by atoms with Crippen molar-refractivity contribution >= 4 is 52.2 Å². The molecule has 2 unspecified atom stereocenters. The van der Waals surface area contributed by atoms with E-state index in [1.807, 2.05) is 29.2 Å². The molecule has 1 spiro atoms. The number of aryl methyl sites for hydroxylation is 1. The van der Waals surface area contributed by atoms with Crippen molar-refractivity contribution in [1.82, 2.24) is 39.5 Å². The predicted octanol–water partition coefficient (Wildman–Crippen LogP) is 3.72. The van der Waals surface area contributed by atoms with Crippen LogP contribution in [-0.4, -0.2) is 140 Å². The number of carbonyl (C=O) groups excluding carboxylic acids is 4. The van der Waals surface area contributed by atoms with Gasteiger partial charge >= 0.3 is 0 Å². The zero-order valence-electron chi connectivity index (χ0n) is 37.0. The van der Waals surface area contributed by atoms with Gasteiger partial charge in [0.2, 0.25) is 24.1 Å². The maximum absolute atomic E-state index is 14.3. The first-order valence-electron chi connectivity index (χ1n) is 23.5. The van der Waals surface area contributed by atoms with Gasteiger partial charge in [-0.3, -0.25) is 29.2 Å². The van der Waals surface area contributed by atoms with Gasteiger partial charge in [-0.1, -0.05) is 12.1 Å². The summed E-state index contributed by atoms with van der Waals surface area (Å²) in [7, 11) is 1.78. The minimum atomic E-state index is -2.86. The third-order valence-corrected chi connectivity index (χ3v) is 15.5. The Hall–Kier alpha value is -5.73. The van der Waals surface area contributed by atoms with Crippen LogP contribution in [-0.2, 0) is 25.5 Å². The van der Waals surface area contributed by atoms with E-state index in [2.05, 4.69) is 30.6 Å². The molecular weight excluding hydrogens is 855 g/mol. The van der Waals surface area contributed by atoms with Crippen molar-refractivity contribution in [2.24, 2.45) is 11.3 Å². The van der Waals surface area contributed by atoms with Gasteiger partial charge < -0.3 is 39.7 Å². The number of para-hydroxylation sites is 1. The molecule has 18 nitrogen and oxygen atoms in total. The maximum Gasteiger partial charge on any atom is 0.284 e. The van der Waals surface area contributed by atoms with Crippen LogP contribution in [0.1, 0.15) is 98.3 Å². The number of aliphatic hydroxyl groups excluding tert-OH is 1. The summed E-state index contributed by atoms with van der Waals surface area (Å²) in [4.78, 5) is 66.4. The highest BCUT2D eigenvalue weighted by Crippen LogP contribution is 2.45. The van der Waals surface area contributed by atoms with Gasteiger partial charge in [-0.2, -0.15) is 10.2 Å². The number of aliphatic hydroxyl groups is 1. The lowest BCUT2D eigenvalue weighted by atomic mass is 9.71. The molecule has 350 valence electrons. The molecule has 66 heavy (non-hydrogen) atoms. The first-order chi connectivity index (χ1) is 31.9. The largest absolute Gasteiger partial charge is 0.374 e. The fourth-order valence-corrected chi connectivity index (χ4v) is 11.9. The predicted molar refractivity (Wildman–Crippen MR) is 237 cm³/mol. The Bertz CT molecular complexity index is 2540. The van der Waals surface area contributed by atoms with Crippen LogP contribution in [0.2, 0.25) is 0 Å². The van der Waals surface area contributed by atoms with Gasteiger partial charge in [0, 0.05) is 71.6 Å². The average molecular weight is 911 g/mol. The monoisotopic (exact) mass is 910 g/mol.